The van der Waals surface area contributed by atoms with Crippen LogP contribution >= 0.6 is 0 Å². The Kier molecular flexibility index (Phi) is 5.42. The van der Waals surface area contributed by atoms with Gasteiger partial charge in [-0.2, -0.15) is 0 Å². The van der Waals surface area contributed by atoms with Gasteiger partial charge in [-0.1, -0.05) is 67.6 Å². The smallest absolute Gasteiger partial charge is 0.409 e. The summed E-state index contributed by atoms with van der Waals surface area (Å²) in [6.45, 7) is 2.66. The van der Waals surface area contributed by atoms with Crippen LogP contribution in [0.3, 0.4) is 0 Å². The lowest BCUT2D eigenvalue weighted by Gasteiger charge is -2.33. The number of carbonyl (C=O) groups is 1. The highest BCUT2D eigenvalue weighted by atomic mass is 16.5. The van der Waals surface area contributed by atoms with Gasteiger partial charge in [0, 0.05) is 16.7 Å². The number of hydrogen-bond acceptors (Lipinski definition) is 2. The van der Waals surface area contributed by atoms with Crippen LogP contribution in [0.15, 0.2) is 78.5 Å². The Morgan fingerprint density at radius 3 is 2.54 bits per heavy atom. The molecule has 2 aromatic rings. The van der Waals surface area contributed by atoms with E-state index in [1.54, 1.807) is 0 Å². The molecule has 1 aliphatic carbocycles. The Morgan fingerprint density at radius 1 is 1.15 bits per heavy atom. The molecule has 1 unspecified atom stereocenters. The highest BCUT2D eigenvalue weighted by molar-refractivity contribution is 5.68. The van der Waals surface area contributed by atoms with Gasteiger partial charge in [0.2, 0.25) is 0 Å². The minimum atomic E-state index is -1.04. The van der Waals surface area contributed by atoms with E-state index < -0.39 is 6.09 Å². The van der Waals surface area contributed by atoms with E-state index in [1.807, 2.05) is 60.7 Å². The van der Waals surface area contributed by atoms with Gasteiger partial charge in [-0.15, -0.1) is 0 Å². The first-order valence-electron chi connectivity index (χ1n) is 8.78. The minimum Gasteiger partial charge on any atom is -0.489 e. The van der Waals surface area contributed by atoms with Crippen LogP contribution in [-0.4, -0.2) is 11.2 Å². The average Bonchev–Trinajstić information content (AvgIpc) is 2.68. The molecule has 0 saturated heterocycles. The number of hydrogen-bond donors (Lipinski definition) is 2. The normalized spacial score (nSPS) is 18.9. The molecule has 1 atom stereocenters. The number of allylic oxidation sites excluding steroid dienone is 3. The van der Waals surface area contributed by atoms with Crippen molar-refractivity contribution >= 4 is 6.09 Å². The molecule has 0 aromatic heterocycles. The summed E-state index contributed by atoms with van der Waals surface area (Å²) in [6, 6.07) is 18.2. The van der Waals surface area contributed by atoms with Crippen molar-refractivity contribution in [3.05, 3.63) is 89.6 Å². The van der Waals surface area contributed by atoms with Crippen molar-refractivity contribution < 1.29 is 14.6 Å². The van der Waals surface area contributed by atoms with Gasteiger partial charge in [-0.3, -0.25) is 5.32 Å². The number of carboxylic acid groups (broad SMARTS) is 1. The number of nitrogens with one attached hydrogen (secondary N) is 1. The van der Waals surface area contributed by atoms with Crippen molar-refractivity contribution in [1.29, 1.82) is 0 Å². The summed E-state index contributed by atoms with van der Waals surface area (Å²) in [5.74, 6) is 0.867. The predicted octanol–water partition coefficient (Wildman–Crippen LogP) is 5.02. The molecule has 4 nitrogen and oxygen atoms in total. The predicted molar refractivity (Wildman–Crippen MR) is 102 cm³/mol. The summed E-state index contributed by atoms with van der Waals surface area (Å²) in [7, 11) is 0. The largest absolute Gasteiger partial charge is 0.489 e. The summed E-state index contributed by atoms with van der Waals surface area (Å²) >= 11 is 0. The quantitative estimate of drug-likeness (QED) is 0.769. The fourth-order valence-corrected chi connectivity index (χ4v) is 3.29. The maximum atomic E-state index is 10.8. The molecule has 0 bridgehead atoms. The molecule has 0 fully saturated rings. The van der Waals surface area contributed by atoms with Crippen LogP contribution in [-0.2, 0) is 12.0 Å². The molecule has 2 N–H and O–H groups in total. The van der Waals surface area contributed by atoms with Gasteiger partial charge in [0.1, 0.15) is 12.4 Å². The van der Waals surface area contributed by atoms with Crippen molar-refractivity contribution in [2.24, 2.45) is 0 Å². The number of benzene rings is 2. The Balaban J connectivity index is 1.83. The van der Waals surface area contributed by atoms with E-state index in [0.717, 1.165) is 29.7 Å². The maximum Gasteiger partial charge on any atom is 0.409 e. The molecule has 4 heteroatoms. The summed E-state index contributed by atoms with van der Waals surface area (Å²) < 4.78 is 6.13. The van der Waals surface area contributed by atoms with E-state index in [0.29, 0.717) is 12.3 Å². The van der Waals surface area contributed by atoms with E-state index in [2.05, 4.69) is 24.4 Å². The molecular weight excluding hydrogens is 326 g/mol. The van der Waals surface area contributed by atoms with E-state index in [4.69, 9.17) is 9.84 Å². The summed E-state index contributed by atoms with van der Waals surface area (Å²) in [4.78, 5) is 10.8. The van der Waals surface area contributed by atoms with Crippen LogP contribution in [0.2, 0.25) is 0 Å². The van der Waals surface area contributed by atoms with E-state index in [9.17, 15) is 4.79 Å². The molecule has 134 valence electrons. The second kappa shape index (κ2) is 7.91. The average molecular weight is 349 g/mol. The van der Waals surface area contributed by atoms with E-state index >= 15 is 0 Å². The Labute approximate surface area is 153 Å². The van der Waals surface area contributed by atoms with Crippen LogP contribution < -0.4 is 10.1 Å². The maximum absolute atomic E-state index is 10.8. The van der Waals surface area contributed by atoms with Crippen molar-refractivity contribution in [3.63, 3.8) is 0 Å². The molecule has 26 heavy (non-hydrogen) atoms. The topological polar surface area (TPSA) is 58.6 Å². The molecule has 1 aliphatic rings. The second-order valence-electron chi connectivity index (χ2n) is 6.41. The van der Waals surface area contributed by atoms with Crippen molar-refractivity contribution in [2.45, 2.75) is 31.8 Å². The van der Waals surface area contributed by atoms with Gasteiger partial charge in [-0.05, 0) is 30.5 Å². The van der Waals surface area contributed by atoms with Crippen LogP contribution in [0, 0.1) is 0 Å². The fraction of sp³-hybridized carbons (Fsp3) is 0.227. The first-order valence-corrected chi connectivity index (χ1v) is 8.78. The third-order valence-corrected chi connectivity index (χ3v) is 4.81. The molecule has 0 spiro atoms. The second-order valence-corrected chi connectivity index (χ2v) is 6.41. The standard InChI is InChI=1S/C22H23NO3/c1-2-22(14-12-18(13-15-22)23-21(24)25)19-10-6-7-11-20(19)26-16-17-8-4-3-5-9-17/h3-14,23H,2,15-16H2,1H3,(H,24,25). The first kappa shape index (κ1) is 17.8. The molecule has 0 heterocycles. The Hall–Kier alpha value is -3.01. The molecule has 0 aliphatic heterocycles. The van der Waals surface area contributed by atoms with Crippen LogP contribution in [0.1, 0.15) is 30.9 Å². The minimum absolute atomic E-state index is 0.197. The molecular formula is C22H23NO3. The molecule has 3 rings (SSSR count). The fourth-order valence-electron chi connectivity index (χ4n) is 3.29. The van der Waals surface area contributed by atoms with Crippen molar-refractivity contribution in [2.75, 3.05) is 0 Å². The van der Waals surface area contributed by atoms with Gasteiger partial charge in [-0.25, -0.2) is 4.79 Å². The van der Waals surface area contributed by atoms with Gasteiger partial charge in [0.15, 0.2) is 0 Å². The highest BCUT2D eigenvalue weighted by Crippen LogP contribution is 2.41. The molecule has 0 radical (unpaired) electrons. The number of para-hydroxylation sites is 1. The van der Waals surface area contributed by atoms with Crippen LogP contribution in [0.5, 0.6) is 5.75 Å². The highest BCUT2D eigenvalue weighted by Gasteiger charge is 2.31. The van der Waals surface area contributed by atoms with Crippen LogP contribution in [0.25, 0.3) is 0 Å². The summed E-state index contributed by atoms with van der Waals surface area (Å²) in [6.07, 6.45) is 6.44. The number of rotatable bonds is 6. The van der Waals surface area contributed by atoms with E-state index in [1.165, 1.54) is 0 Å². The lowest BCUT2D eigenvalue weighted by Crippen LogP contribution is -2.28. The number of amides is 1. The zero-order valence-corrected chi connectivity index (χ0v) is 14.8. The van der Waals surface area contributed by atoms with Crippen molar-refractivity contribution in [3.8, 4) is 5.75 Å². The molecule has 1 amide bonds. The SMILES string of the molecule is CCC1(c2ccccc2OCc2ccccc2)C=CC(NC(=O)O)=CC1. The monoisotopic (exact) mass is 349 g/mol. The Morgan fingerprint density at radius 2 is 1.88 bits per heavy atom. The van der Waals surface area contributed by atoms with Gasteiger partial charge in [0.25, 0.3) is 0 Å². The third kappa shape index (κ3) is 3.97. The Bertz CT molecular complexity index is 826. The van der Waals surface area contributed by atoms with Crippen molar-refractivity contribution in [1.82, 2.24) is 5.32 Å². The molecule has 0 saturated carbocycles. The lowest BCUT2D eigenvalue weighted by molar-refractivity contribution is 0.197. The molecule has 2 aromatic carbocycles. The first-order chi connectivity index (χ1) is 12.6. The zero-order chi connectivity index (χ0) is 18.4. The van der Waals surface area contributed by atoms with Gasteiger partial charge >= 0.3 is 6.09 Å². The van der Waals surface area contributed by atoms with E-state index in [-0.39, 0.29) is 5.41 Å². The van der Waals surface area contributed by atoms with Gasteiger partial charge < -0.3 is 9.84 Å². The van der Waals surface area contributed by atoms with Gasteiger partial charge in [0.05, 0.1) is 0 Å². The number of ether oxygens (including phenoxy) is 1. The summed E-state index contributed by atoms with van der Waals surface area (Å²) in [5.41, 5.74) is 2.67. The summed E-state index contributed by atoms with van der Waals surface area (Å²) in [5, 5.41) is 11.3. The van der Waals surface area contributed by atoms with Crippen LogP contribution in [0.4, 0.5) is 4.79 Å². The third-order valence-electron chi connectivity index (χ3n) is 4.81. The lowest BCUT2D eigenvalue weighted by atomic mass is 9.72. The zero-order valence-electron chi connectivity index (χ0n) is 14.8.